The van der Waals surface area contributed by atoms with Crippen LogP contribution in [0.15, 0.2) is 42.9 Å². The fraction of sp³-hybridized carbons (Fsp3) is 0.440. The number of nitrogens with one attached hydrogen (secondary N) is 1. The van der Waals surface area contributed by atoms with Crippen LogP contribution in [0, 0.1) is 5.92 Å². The molecule has 0 radical (unpaired) electrons. The summed E-state index contributed by atoms with van der Waals surface area (Å²) >= 11 is 0. The third kappa shape index (κ3) is 4.38. The van der Waals surface area contributed by atoms with Gasteiger partial charge in [-0.05, 0) is 49.9 Å². The van der Waals surface area contributed by atoms with E-state index in [2.05, 4.69) is 32.3 Å². The smallest absolute Gasteiger partial charge is 0.308 e. The van der Waals surface area contributed by atoms with Crippen molar-refractivity contribution in [2.75, 3.05) is 23.3 Å². The normalized spacial score (nSPS) is 19.8. The molecule has 0 bridgehead atoms. The van der Waals surface area contributed by atoms with Crippen LogP contribution >= 0.6 is 0 Å². The molecule has 7 heteroatoms. The number of fused-ring (bicyclic) bond motifs is 1. The number of carboxylic acid groups (broad SMARTS) is 1. The Balaban J connectivity index is 1.50. The van der Waals surface area contributed by atoms with Crippen LogP contribution in [0.3, 0.4) is 0 Å². The summed E-state index contributed by atoms with van der Waals surface area (Å²) in [7, 11) is 0. The van der Waals surface area contributed by atoms with Gasteiger partial charge < -0.3 is 15.3 Å². The number of carbonyl (C=O) groups is 1. The first-order chi connectivity index (χ1) is 15.7. The molecular formula is C25H29N5O2. The summed E-state index contributed by atoms with van der Waals surface area (Å²) in [5, 5.41) is 15.1. The van der Waals surface area contributed by atoms with Crippen LogP contribution in [0.1, 0.15) is 44.9 Å². The van der Waals surface area contributed by atoms with E-state index in [0.29, 0.717) is 19.0 Å². The van der Waals surface area contributed by atoms with Crippen molar-refractivity contribution in [2.45, 2.75) is 51.0 Å². The van der Waals surface area contributed by atoms with Crippen LogP contribution in [0.5, 0.6) is 0 Å². The number of pyridine rings is 3. The summed E-state index contributed by atoms with van der Waals surface area (Å²) < 4.78 is 0. The van der Waals surface area contributed by atoms with E-state index in [-0.39, 0.29) is 5.92 Å². The Hall–Kier alpha value is -3.22. The third-order valence-corrected chi connectivity index (χ3v) is 6.69. The minimum Gasteiger partial charge on any atom is -0.481 e. The molecule has 2 aliphatic rings. The van der Waals surface area contributed by atoms with Crippen LogP contribution in [0.4, 0.5) is 11.6 Å². The van der Waals surface area contributed by atoms with Gasteiger partial charge in [-0.2, -0.15) is 0 Å². The molecule has 1 aliphatic heterocycles. The minimum atomic E-state index is -0.732. The van der Waals surface area contributed by atoms with Gasteiger partial charge in [0, 0.05) is 54.1 Å². The average Bonchev–Trinajstić information content (AvgIpc) is 2.84. The summed E-state index contributed by atoms with van der Waals surface area (Å²) in [6.07, 6.45) is 13.3. The molecule has 1 saturated heterocycles. The summed E-state index contributed by atoms with van der Waals surface area (Å²) in [5.41, 5.74) is 1.85. The second kappa shape index (κ2) is 9.10. The molecule has 3 aromatic heterocycles. The topological polar surface area (TPSA) is 91.2 Å². The van der Waals surface area contributed by atoms with Crippen molar-refractivity contribution in [3.63, 3.8) is 0 Å². The Bertz CT molecular complexity index is 1110. The lowest BCUT2D eigenvalue weighted by Crippen LogP contribution is -2.39. The van der Waals surface area contributed by atoms with Gasteiger partial charge in [0.25, 0.3) is 0 Å². The van der Waals surface area contributed by atoms with Crippen molar-refractivity contribution in [3.05, 3.63) is 42.9 Å². The standard InChI is InChI=1S/C25H29N5O2/c31-25(32)18-5-4-12-30(16-18)24-21-9-10-26-15-19(21)13-22(29-24)17-8-11-27-23(14-17)28-20-6-2-1-3-7-20/h8-11,13-15,18,20H,1-7,12,16H2,(H,27,28)(H,31,32). The van der Waals surface area contributed by atoms with Gasteiger partial charge in [-0.1, -0.05) is 19.3 Å². The zero-order valence-electron chi connectivity index (χ0n) is 18.2. The molecule has 0 spiro atoms. The number of rotatable bonds is 5. The van der Waals surface area contributed by atoms with Crippen LogP contribution in [-0.2, 0) is 4.79 Å². The summed E-state index contributed by atoms with van der Waals surface area (Å²) in [5.74, 6) is 0.625. The number of aliphatic carboxylic acids is 1. The average molecular weight is 432 g/mol. The molecule has 1 saturated carbocycles. The van der Waals surface area contributed by atoms with E-state index >= 15 is 0 Å². The number of hydrogen-bond donors (Lipinski definition) is 2. The Morgan fingerprint density at radius 3 is 2.78 bits per heavy atom. The highest BCUT2D eigenvalue weighted by Gasteiger charge is 2.27. The first kappa shape index (κ1) is 20.7. The van der Waals surface area contributed by atoms with Gasteiger partial charge in [0.1, 0.15) is 11.6 Å². The van der Waals surface area contributed by atoms with Gasteiger partial charge in [-0.3, -0.25) is 9.78 Å². The Labute approximate surface area is 187 Å². The Kier molecular flexibility index (Phi) is 5.88. The van der Waals surface area contributed by atoms with Crippen molar-refractivity contribution in [1.82, 2.24) is 15.0 Å². The maximum absolute atomic E-state index is 11.6. The monoisotopic (exact) mass is 431 g/mol. The van der Waals surface area contributed by atoms with Crippen molar-refractivity contribution in [2.24, 2.45) is 5.92 Å². The zero-order chi connectivity index (χ0) is 21.9. The molecule has 1 aliphatic carbocycles. The fourth-order valence-corrected chi connectivity index (χ4v) is 4.96. The molecule has 1 unspecified atom stereocenters. The van der Waals surface area contributed by atoms with Crippen molar-refractivity contribution >= 4 is 28.4 Å². The molecule has 7 nitrogen and oxygen atoms in total. The number of piperidine rings is 1. The lowest BCUT2D eigenvalue weighted by Gasteiger charge is -2.32. The highest BCUT2D eigenvalue weighted by atomic mass is 16.4. The number of hydrogen-bond acceptors (Lipinski definition) is 6. The van der Waals surface area contributed by atoms with Gasteiger partial charge in [0.15, 0.2) is 0 Å². The van der Waals surface area contributed by atoms with E-state index in [1.807, 2.05) is 24.5 Å². The molecule has 5 rings (SSSR count). The predicted molar refractivity (Wildman–Crippen MR) is 126 cm³/mol. The first-order valence-corrected chi connectivity index (χ1v) is 11.6. The molecule has 166 valence electrons. The van der Waals surface area contributed by atoms with E-state index in [1.54, 1.807) is 6.20 Å². The van der Waals surface area contributed by atoms with E-state index in [0.717, 1.165) is 46.6 Å². The SMILES string of the molecule is O=C(O)C1CCCN(c2nc(-c3ccnc(NC4CCCCC4)c3)cc3cnccc23)C1. The largest absolute Gasteiger partial charge is 0.481 e. The molecule has 1 atom stereocenters. The number of aromatic nitrogens is 3. The molecule has 32 heavy (non-hydrogen) atoms. The van der Waals surface area contributed by atoms with E-state index < -0.39 is 5.97 Å². The minimum absolute atomic E-state index is 0.363. The molecule has 4 heterocycles. The maximum atomic E-state index is 11.6. The summed E-state index contributed by atoms with van der Waals surface area (Å²) in [6.45, 7) is 1.29. The number of anilines is 2. The van der Waals surface area contributed by atoms with Gasteiger partial charge in [-0.25, -0.2) is 9.97 Å². The summed E-state index contributed by atoms with van der Waals surface area (Å²) in [4.78, 5) is 27.6. The molecule has 2 N–H and O–H groups in total. The summed E-state index contributed by atoms with van der Waals surface area (Å²) in [6, 6.07) is 8.56. The fourth-order valence-electron chi connectivity index (χ4n) is 4.96. The van der Waals surface area contributed by atoms with Crippen LogP contribution in [-0.4, -0.2) is 45.2 Å². The highest BCUT2D eigenvalue weighted by molar-refractivity contribution is 5.94. The van der Waals surface area contributed by atoms with Crippen LogP contribution in [0.25, 0.3) is 22.0 Å². The zero-order valence-corrected chi connectivity index (χ0v) is 18.2. The quantitative estimate of drug-likeness (QED) is 0.603. The highest BCUT2D eigenvalue weighted by Crippen LogP contribution is 2.33. The first-order valence-electron chi connectivity index (χ1n) is 11.6. The predicted octanol–water partition coefficient (Wildman–Crippen LogP) is 4.74. The van der Waals surface area contributed by atoms with Gasteiger partial charge in [-0.15, -0.1) is 0 Å². The van der Waals surface area contributed by atoms with Crippen molar-refractivity contribution in [3.8, 4) is 11.3 Å². The molecule has 0 amide bonds. The Morgan fingerprint density at radius 1 is 1.06 bits per heavy atom. The molecular weight excluding hydrogens is 402 g/mol. The molecule has 3 aromatic rings. The lowest BCUT2D eigenvalue weighted by atomic mass is 9.95. The lowest BCUT2D eigenvalue weighted by molar-refractivity contribution is -0.141. The number of nitrogens with zero attached hydrogens (tertiary/aromatic N) is 4. The molecule has 2 fully saturated rings. The van der Waals surface area contributed by atoms with Gasteiger partial charge >= 0.3 is 5.97 Å². The van der Waals surface area contributed by atoms with Crippen molar-refractivity contribution in [1.29, 1.82) is 0 Å². The van der Waals surface area contributed by atoms with Crippen molar-refractivity contribution < 1.29 is 9.90 Å². The van der Waals surface area contributed by atoms with Gasteiger partial charge in [0.05, 0.1) is 11.6 Å². The number of carboxylic acids is 1. The maximum Gasteiger partial charge on any atom is 0.308 e. The van der Waals surface area contributed by atoms with Crippen LogP contribution in [0.2, 0.25) is 0 Å². The second-order valence-electron chi connectivity index (χ2n) is 8.96. The third-order valence-electron chi connectivity index (χ3n) is 6.69. The Morgan fingerprint density at radius 2 is 1.94 bits per heavy atom. The van der Waals surface area contributed by atoms with Crippen LogP contribution < -0.4 is 10.2 Å². The van der Waals surface area contributed by atoms with E-state index in [4.69, 9.17) is 4.98 Å². The van der Waals surface area contributed by atoms with E-state index in [1.165, 1.54) is 32.1 Å². The van der Waals surface area contributed by atoms with Gasteiger partial charge in [0.2, 0.25) is 0 Å². The molecule has 0 aromatic carbocycles. The second-order valence-corrected chi connectivity index (χ2v) is 8.96. The van der Waals surface area contributed by atoms with E-state index in [9.17, 15) is 9.90 Å².